The number of para-hydroxylation sites is 1. The summed E-state index contributed by atoms with van der Waals surface area (Å²) in [4.78, 5) is 13.0. The molecule has 35 heavy (non-hydrogen) atoms. The van der Waals surface area contributed by atoms with E-state index in [-0.39, 0.29) is 21.6 Å². The number of hydrogen-bond donors (Lipinski definition) is 1. The van der Waals surface area contributed by atoms with Crippen LogP contribution in [0.15, 0.2) is 46.3 Å². The quantitative estimate of drug-likeness (QED) is 0.537. The number of sulfonamides is 1. The van der Waals surface area contributed by atoms with Crippen LogP contribution in [0.2, 0.25) is 5.02 Å². The second-order valence-corrected chi connectivity index (χ2v) is 11.6. The summed E-state index contributed by atoms with van der Waals surface area (Å²) >= 11 is 6.40. The van der Waals surface area contributed by atoms with Crippen molar-refractivity contribution < 1.29 is 13.2 Å². The number of rotatable bonds is 6. The Morgan fingerprint density at radius 1 is 1.20 bits per heavy atom. The molecule has 0 saturated carbocycles. The molecule has 3 aromatic rings. The number of benzene rings is 1. The fraction of sp³-hybridized carbons (Fsp3) is 0.500. The second kappa shape index (κ2) is 9.93. The number of piperidine rings is 1. The lowest BCUT2D eigenvalue weighted by molar-refractivity contribution is 0.0595. The minimum atomic E-state index is -3.66. The number of fused-ring (bicyclic) bond motifs is 1. The van der Waals surface area contributed by atoms with Gasteiger partial charge in [-0.3, -0.25) is 4.79 Å². The number of halogens is 1. The van der Waals surface area contributed by atoms with E-state index >= 15 is 0 Å². The van der Waals surface area contributed by atoms with Crippen molar-refractivity contribution in [2.75, 3.05) is 38.2 Å². The highest BCUT2D eigenvalue weighted by molar-refractivity contribution is 7.89. The Bertz CT molecular complexity index is 1370. The van der Waals surface area contributed by atoms with Crippen LogP contribution < -0.4 is 10.9 Å². The van der Waals surface area contributed by atoms with Crippen LogP contribution >= 0.6 is 11.6 Å². The lowest BCUT2D eigenvalue weighted by Gasteiger charge is -2.31. The first kappa shape index (κ1) is 24.3. The zero-order valence-corrected chi connectivity index (χ0v) is 21.3. The maximum absolute atomic E-state index is 13.4. The summed E-state index contributed by atoms with van der Waals surface area (Å²) in [5.41, 5.74) is 1.04. The normalized spacial score (nSPS) is 20.3. The largest absolute Gasteiger partial charge is 0.382 e. The summed E-state index contributed by atoms with van der Waals surface area (Å²) in [6.07, 6.45) is 4.67. The standard InChI is InChI=1S/C24H30ClN5O4S/c1-28-21-7-3-2-6-18(21)13-22(28)35(32,33)29-10-8-19(9-11-29)30-24(31)23(25)20(15-27-30)26-14-17-5-4-12-34-16-17/h2-3,6-7,13,15,17,19,26H,4-5,8-12,14,16H2,1H3/t17-/m1/s1. The van der Waals surface area contributed by atoms with Crippen LogP contribution in [0.3, 0.4) is 0 Å². The maximum atomic E-state index is 13.4. The SMILES string of the molecule is Cn1c(S(=O)(=O)N2CCC(n3ncc(NC[C@H]4CCCOC4)c(Cl)c3=O)CC2)cc2ccccc21. The third kappa shape index (κ3) is 4.72. The molecule has 9 nitrogen and oxygen atoms in total. The molecule has 11 heteroatoms. The van der Waals surface area contributed by atoms with Crippen molar-refractivity contribution in [2.45, 2.75) is 36.8 Å². The predicted molar refractivity (Wildman–Crippen MR) is 135 cm³/mol. The maximum Gasteiger partial charge on any atom is 0.287 e. The first-order valence-corrected chi connectivity index (χ1v) is 13.8. The van der Waals surface area contributed by atoms with Crippen molar-refractivity contribution in [3.05, 3.63) is 51.9 Å². The smallest absolute Gasteiger partial charge is 0.287 e. The van der Waals surface area contributed by atoms with Gasteiger partial charge in [0.15, 0.2) is 5.03 Å². The van der Waals surface area contributed by atoms with E-state index in [0.717, 1.165) is 30.4 Å². The van der Waals surface area contributed by atoms with Gasteiger partial charge in [-0.15, -0.1) is 0 Å². The lowest BCUT2D eigenvalue weighted by Crippen LogP contribution is -2.42. The highest BCUT2D eigenvalue weighted by Crippen LogP contribution is 2.29. The highest BCUT2D eigenvalue weighted by atomic mass is 35.5. The molecule has 2 aromatic heterocycles. The molecule has 2 aliphatic heterocycles. The second-order valence-electron chi connectivity index (χ2n) is 9.32. The molecule has 0 radical (unpaired) electrons. The summed E-state index contributed by atoms with van der Waals surface area (Å²) < 4.78 is 36.9. The molecule has 4 heterocycles. The Morgan fingerprint density at radius 2 is 1.97 bits per heavy atom. The van der Waals surface area contributed by atoms with Crippen LogP contribution in [0.4, 0.5) is 5.69 Å². The molecule has 0 aliphatic carbocycles. The van der Waals surface area contributed by atoms with Crippen LogP contribution in [0.5, 0.6) is 0 Å². The van der Waals surface area contributed by atoms with Gasteiger partial charge in [-0.2, -0.15) is 9.40 Å². The molecule has 2 saturated heterocycles. The van der Waals surface area contributed by atoms with Gasteiger partial charge in [-0.1, -0.05) is 29.8 Å². The van der Waals surface area contributed by atoms with Crippen molar-refractivity contribution >= 4 is 38.2 Å². The van der Waals surface area contributed by atoms with Gasteiger partial charge < -0.3 is 14.6 Å². The molecule has 2 fully saturated rings. The average Bonchev–Trinajstić information content (AvgIpc) is 3.23. The number of nitrogens with one attached hydrogen (secondary N) is 1. The molecule has 0 bridgehead atoms. The Kier molecular flexibility index (Phi) is 6.89. The van der Waals surface area contributed by atoms with E-state index in [9.17, 15) is 13.2 Å². The average molecular weight is 520 g/mol. The molecule has 1 atom stereocenters. The number of aromatic nitrogens is 3. The van der Waals surface area contributed by atoms with Crippen molar-refractivity contribution in [1.82, 2.24) is 18.7 Å². The van der Waals surface area contributed by atoms with E-state index in [1.165, 1.54) is 8.99 Å². The van der Waals surface area contributed by atoms with Crippen LogP contribution in [0.1, 0.15) is 31.7 Å². The van der Waals surface area contributed by atoms with E-state index in [1.54, 1.807) is 23.9 Å². The molecule has 0 spiro atoms. The van der Waals surface area contributed by atoms with Gasteiger partial charge in [0.05, 0.1) is 24.5 Å². The van der Waals surface area contributed by atoms with Crippen molar-refractivity contribution in [1.29, 1.82) is 0 Å². The molecular weight excluding hydrogens is 490 g/mol. The topological polar surface area (TPSA) is 98.5 Å². The van der Waals surface area contributed by atoms with E-state index in [1.807, 2.05) is 24.3 Å². The summed E-state index contributed by atoms with van der Waals surface area (Å²) in [6, 6.07) is 9.11. The fourth-order valence-electron chi connectivity index (χ4n) is 5.02. The molecule has 2 aliphatic rings. The van der Waals surface area contributed by atoms with Crippen LogP contribution in [0, 0.1) is 5.92 Å². The zero-order chi connectivity index (χ0) is 24.6. The summed E-state index contributed by atoms with van der Waals surface area (Å²) in [6.45, 7) is 2.80. The third-order valence-electron chi connectivity index (χ3n) is 7.06. The van der Waals surface area contributed by atoms with Gasteiger partial charge in [0, 0.05) is 44.2 Å². The van der Waals surface area contributed by atoms with Crippen molar-refractivity contribution in [3.63, 3.8) is 0 Å². The molecular formula is C24H30ClN5O4S. The van der Waals surface area contributed by atoms with E-state index in [2.05, 4.69) is 10.4 Å². The van der Waals surface area contributed by atoms with E-state index < -0.39 is 10.0 Å². The Balaban J connectivity index is 1.27. The Hall–Kier alpha value is -2.40. The summed E-state index contributed by atoms with van der Waals surface area (Å²) in [5, 5.41) is 8.88. The van der Waals surface area contributed by atoms with Gasteiger partial charge in [-0.05, 0) is 43.7 Å². The van der Waals surface area contributed by atoms with Crippen molar-refractivity contribution in [2.24, 2.45) is 13.0 Å². The number of hydrogen-bond acceptors (Lipinski definition) is 6. The fourth-order valence-corrected chi connectivity index (χ4v) is 6.90. The van der Waals surface area contributed by atoms with Gasteiger partial charge in [0.25, 0.3) is 15.6 Å². The summed E-state index contributed by atoms with van der Waals surface area (Å²) in [5.74, 6) is 0.385. The molecule has 0 amide bonds. The number of anilines is 1. The zero-order valence-electron chi connectivity index (χ0n) is 19.7. The molecule has 5 rings (SSSR count). The Labute approximate surface area is 209 Å². The van der Waals surface area contributed by atoms with E-state index in [4.69, 9.17) is 16.3 Å². The number of aryl methyl sites for hydroxylation is 1. The van der Waals surface area contributed by atoms with Crippen LogP contribution in [-0.2, 0) is 21.8 Å². The van der Waals surface area contributed by atoms with Crippen molar-refractivity contribution in [3.8, 4) is 0 Å². The summed E-state index contributed by atoms with van der Waals surface area (Å²) in [7, 11) is -1.89. The number of ether oxygens (including phenoxy) is 1. The van der Waals surface area contributed by atoms with E-state index in [0.29, 0.717) is 50.7 Å². The first-order valence-electron chi connectivity index (χ1n) is 12.0. The highest BCUT2D eigenvalue weighted by Gasteiger charge is 2.33. The molecule has 188 valence electrons. The van der Waals surface area contributed by atoms with Gasteiger partial charge >= 0.3 is 0 Å². The molecule has 1 aromatic carbocycles. The first-order chi connectivity index (χ1) is 16.9. The lowest BCUT2D eigenvalue weighted by atomic mass is 10.0. The predicted octanol–water partition coefficient (Wildman–Crippen LogP) is 3.25. The van der Waals surface area contributed by atoms with Gasteiger partial charge in [0.1, 0.15) is 5.02 Å². The molecule has 1 N–H and O–H groups in total. The number of nitrogens with zero attached hydrogens (tertiary/aromatic N) is 4. The van der Waals surface area contributed by atoms with Crippen LogP contribution in [-0.4, -0.2) is 59.9 Å². The monoisotopic (exact) mass is 519 g/mol. The van der Waals surface area contributed by atoms with Crippen LogP contribution in [0.25, 0.3) is 10.9 Å². The molecule has 0 unspecified atom stereocenters. The van der Waals surface area contributed by atoms with Gasteiger partial charge in [0.2, 0.25) is 0 Å². The van der Waals surface area contributed by atoms with Gasteiger partial charge in [-0.25, -0.2) is 13.1 Å². The Morgan fingerprint density at radius 3 is 2.69 bits per heavy atom. The third-order valence-corrected chi connectivity index (χ3v) is 9.39. The minimum Gasteiger partial charge on any atom is -0.382 e. The minimum absolute atomic E-state index is 0.113.